The van der Waals surface area contributed by atoms with Gasteiger partial charge in [0.2, 0.25) is 0 Å². The predicted octanol–water partition coefficient (Wildman–Crippen LogP) is 3.94. The van der Waals surface area contributed by atoms with Gasteiger partial charge in [-0.25, -0.2) is 0 Å². The minimum atomic E-state index is -0.289. The molecular formula is C22H20ClN3O2. The van der Waals surface area contributed by atoms with Crippen molar-refractivity contribution in [3.63, 3.8) is 0 Å². The Kier molecular flexibility index (Phi) is 6.40. The highest BCUT2D eigenvalue weighted by Gasteiger charge is 2.15. The highest BCUT2D eigenvalue weighted by molar-refractivity contribution is 6.30. The van der Waals surface area contributed by atoms with Gasteiger partial charge in [-0.05, 0) is 29.3 Å². The number of rotatable bonds is 6. The van der Waals surface area contributed by atoms with Gasteiger partial charge in [-0.15, -0.1) is 0 Å². The quantitative estimate of drug-likeness (QED) is 0.690. The molecule has 0 aliphatic rings. The molecule has 6 heteroatoms. The zero-order chi connectivity index (χ0) is 19.9. The lowest BCUT2D eigenvalue weighted by Crippen LogP contribution is -2.27. The zero-order valence-electron chi connectivity index (χ0n) is 15.4. The number of hydrogen-bond acceptors (Lipinski definition) is 3. The van der Waals surface area contributed by atoms with E-state index in [9.17, 15) is 9.59 Å². The van der Waals surface area contributed by atoms with E-state index in [0.29, 0.717) is 29.2 Å². The molecule has 3 rings (SSSR count). The van der Waals surface area contributed by atoms with E-state index in [1.165, 1.54) is 12.4 Å². The van der Waals surface area contributed by atoms with E-state index in [2.05, 4.69) is 10.3 Å². The molecule has 0 unspecified atom stereocenters. The van der Waals surface area contributed by atoms with Gasteiger partial charge in [0.25, 0.3) is 11.8 Å². The molecule has 1 heterocycles. The minimum Gasteiger partial charge on any atom is -0.348 e. The monoisotopic (exact) mass is 393 g/mol. The second-order valence-electron chi connectivity index (χ2n) is 6.42. The molecule has 0 saturated carbocycles. The van der Waals surface area contributed by atoms with E-state index in [4.69, 9.17) is 11.6 Å². The lowest BCUT2D eigenvalue weighted by atomic mass is 10.1. The third-order valence-corrected chi connectivity index (χ3v) is 4.47. The van der Waals surface area contributed by atoms with Gasteiger partial charge >= 0.3 is 0 Å². The van der Waals surface area contributed by atoms with Crippen molar-refractivity contribution in [2.45, 2.75) is 13.1 Å². The summed E-state index contributed by atoms with van der Waals surface area (Å²) in [5.41, 5.74) is 2.68. The highest BCUT2D eigenvalue weighted by Crippen LogP contribution is 2.11. The molecule has 1 N–H and O–H groups in total. The lowest BCUT2D eigenvalue weighted by Gasteiger charge is -2.17. The van der Waals surface area contributed by atoms with Gasteiger partial charge in [-0.1, -0.05) is 54.1 Å². The van der Waals surface area contributed by atoms with E-state index >= 15 is 0 Å². The van der Waals surface area contributed by atoms with Crippen LogP contribution in [0.15, 0.2) is 73.1 Å². The van der Waals surface area contributed by atoms with Crippen molar-refractivity contribution >= 4 is 23.4 Å². The van der Waals surface area contributed by atoms with Crippen LogP contribution >= 0.6 is 11.6 Å². The van der Waals surface area contributed by atoms with Gasteiger partial charge in [-0.3, -0.25) is 14.6 Å². The van der Waals surface area contributed by atoms with Crippen LogP contribution in [0.5, 0.6) is 0 Å². The van der Waals surface area contributed by atoms with Crippen LogP contribution in [0.4, 0.5) is 0 Å². The molecule has 0 saturated heterocycles. The topological polar surface area (TPSA) is 62.3 Å². The number of carbonyl (C=O) groups is 2. The van der Waals surface area contributed by atoms with Crippen molar-refractivity contribution in [3.05, 3.63) is 100 Å². The van der Waals surface area contributed by atoms with Crippen LogP contribution in [0, 0.1) is 0 Å². The third kappa shape index (κ3) is 5.18. The molecule has 0 spiro atoms. The maximum atomic E-state index is 12.7. The average Bonchev–Trinajstić information content (AvgIpc) is 2.73. The first-order chi connectivity index (χ1) is 13.5. The molecule has 0 aliphatic carbocycles. The Labute approximate surface area is 169 Å². The molecule has 0 atom stereocenters. The SMILES string of the molecule is CN(Cc1ccccc1)C(=O)c1cncc(C(=O)NCc2ccc(Cl)cc2)c1. The maximum absolute atomic E-state index is 12.7. The Morgan fingerprint density at radius 3 is 2.36 bits per heavy atom. The largest absolute Gasteiger partial charge is 0.348 e. The molecule has 142 valence electrons. The summed E-state index contributed by atoms with van der Waals surface area (Å²) in [6.07, 6.45) is 2.92. The van der Waals surface area contributed by atoms with Crippen LogP contribution in [0.2, 0.25) is 5.02 Å². The molecule has 0 fully saturated rings. The normalized spacial score (nSPS) is 10.4. The number of halogens is 1. The van der Waals surface area contributed by atoms with E-state index in [0.717, 1.165) is 11.1 Å². The van der Waals surface area contributed by atoms with Crippen molar-refractivity contribution < 1.29 is 9.59 Å². The van der Waals surface area contributed by atoms with Crippen LogP contribution in [0.1, 0.15) is 31.8 Å². The number of nitrogens with zero attached hydrogens (tertiary/aromatic N) is 2. The Morgan fingerprint density at radius 2 is 1.64 bits per heavy atom. The molecule has 2 amide bonds. The molecule has 2 aromatic carbocycles. The van der Waals surface area contributed by atoms with Gasteiger partial charge in [0.1, 0.15) is 0 Å². The summed E-state index contributed by atoms with van der Waals surface area (Å²) in [5.74, 6) is -0.480. The van der Waals surface area contributed by atoms with Gasteiger partial charge in [0, 0.05) is 37.6 Å². The second kappa shape index (κ2) is 9.15. The smallest absolute Gasteiger partial charge is 0.255 e. The Morgan fingerprint density at radius 1 is 0.964 bits per heavy atom. The van der Waals surface area contributed by atoms with Crippen LogP contribution in [0.3, 0.4) is 0 Å². The fourth-order valence-electron chi connectivity index (χ4n) is 2.72. The summed E-state index contributed by atoms with van der Waals surface area (Å²) in [7, 11) is 1.72. The molecular weight excluding hydrogens is 374 g/mol. The molecule has 0 aliphatic heterocycles. The molecule has 0 radical (unpaired) electrons. The third-order valence-electron chi connectivity index (χ3n) is 4.22. The Balaban J connectivity index is 1.64. The van der Waals surface area contributed by atoms with Gasteiger partial charge in [0.15, 0.2) is 0 Å². The summed E-state index contributed by atoms with van der Waals surface area (Å²) >= 11 is 5.86. The first-order valence-electron chi connectivity index (χ1n) is 8.80. The summed E-state index contributed by atoms with van der Waals surface area (Å²) in [6, 6.07) is 18.5. The number of benzene rings is 2. The minimum absolute atomic E-state index is 0.191. The van der Waals surface area contributed by atoms with Crippen molar-refractivity contribution in [2.24, 2.45) is 0 Å². The van der Waals surface area contributed by atoms with Crippen molar-refractivity contribution in [3.8, 4) is 0 Å². The van der Waals surface area contributed by atoms with Crippen LogP contribution < -0.4 is 5.32 Å². The predicted molar refractivity (Wildman–Crippen MR) is 109 cm³/mol. The fraction of sp³-hybridized carbons (Fsp3) is 0.136. The van der Waals surface area contributed by atoms with E-state index < -0.39 is 0 Å². The van der Waals surface area contributed by atoms with Crippen LogP contribution in [-0.2, 0) is 13.1 Å². The summed E-state index contributed by atoms with van der Waals surface area (Å²) in [5, 5.41) is 3.47. The number of carbonyl (C=O) groups excluding carboxylic acids is 2. The Hall–Kier alpha value is -3.18. The van der Waals surface area contributed by atoms with E-state index in [1.807, 2.05) is 42.5 Å². The number of aromatic nitrogens is 1. The number of amides is 2. The molecule has 28 heavy (non-hydrogen) atoms. The second-order valence-corrected chi connectivity index (χ2v) is 6.85. The Bertz CT molecular complexity index is 959. The fourth-order valence-corrected chi connectivity index (χ4v) is 2.84. The van der Waals surface area contributed by atoms with Crippen LogP contribution in [0.25, 0.3) is 0 Å². The van der Waals surface area contributed by atoms with Crippen molar-refractivity contribution in [2.75, 3.05) is 7.05 Å². The standard InChI is InChI=1S/C22H20ClN3O2/c1-26(15-17-5-3-2-4-6-17)22(28)19-11-18(13-24-14-19)21(27)25-12-16-7-9-20(23)10-8-16/h2-11,13-14H,12,15H2,1H3,(H,25,27). The highest BCUT2D eigenvalue weighted by atomic mass is 35.5. The number of hydrogen-bond donors (Lipinski definition) is 1. The molecule has 1 aromatic heterocycles. The molecule has 0 bridgehead atoms. The number of pyridine rings is 1. The molecule has 3 aromatic rings. The summed E-state index contributed by atoms with van der Waals surface area (Å²) in [6.45, 7) is 0.842. The summed E-state index contributed by atoms with van der Waals surface area (Å²) < 4.78 is 0. The van der Waals surface area contributed by atoms with Crippen molar-refractivity contribution in [1.29, 1.82) is 0 Å². The van der Waals surface area contributed by atoms with E-state index in [-0.39, 0.29) is 11.8 Å². The van der Waals surface area contributed by atoms with Crippen LogP contribution in [-0.4, -0.2) is 28.7 Å². The van der Waals surface area contributed by atoms with Gasteiger partial charge < -0.3 is 10.2 Å². The average molecular weight is 394 g/mol. The first kappa shape index (κ1) is 19.6. The van der Waals surface area contributed by atoms with Crippen molar-refractivity contribution in [1.82, 2.24) is 15.2 Å². The lowest BCUT2D eigenvalue weighted by molar-refractivity contribution is 0.0784. The van der Waals surface area contributed by atoms with Gasteiger partial charge in [-0.2, -0.15) is 0 Å². The van der Waals surface area contributed by atoms with Gasteiger partial charge in [0.05, 0.1) is 11.1 Å². The number of nitrogens with one attached hydrogen (secondary N) is 1. The zero-order valence-corrected chi connectivity index (χ0v) is 16.2. The maximum Gasteiger partial charge on any atom is 0.255 e. The van der Waals surface area contributed by atoms with E-state index in [1.54, 1.807) is 30.1 Å². The first-order valence-corrected chi connectivity index (χ1v) is 9.18. The molecule has 5 nitrogen and oxygen atoms in total. The summed E-state index contributed by atoms with van der Waals surface area (Å²) in [4.78, 5) is 30.8.